The maximum absolute atomic E-state index is 11.5. The fraction of sp³-hybridized carbons (Fsp3) is 0.533. The van der Waals surface area contributed by atoms with Gasteiger partial charge < -0.3 is 20.1 Å². The van der Waals surface area contributed by atoms with Gasteiger partial charge in [-0.05, 0) is 63.0 Å². The number of ketones is 3. The lowest BCUT2D eigenvalue weighted by molar-refractivity contribution is -0.124. The fourth-order valence-corrected chi connectivity index (χ4v) is 4.84. The SMILES string of the molecule is O=C1CCCC/C1=C\c1cnc[nH]1.O=C1CCCCC1.O=C1CCCCC1Cc1cnc[nH]1.OCc1cnc[nH]1. The summed E-state index contributed by atoms with van der Waals surface area (Å²) in [5, 5.41) is 8.36. The highest BCUT2D eigenvalue weighted by Crippen LogP contribution is 2.23. The number of aromatic nitrogens is 6. The minimum Gasteiger partial charge on any atom is -0.390 e. The van der Waals surface area contributed by atoms with E-state index in [-0.39, 0.29) is 12.5 Å². The van der Waals surface area contributed by atoms with Gasteiger partial charge in [0, 0.05) is 43.5 Å². The summed E-state index contributed by atoms with van der Waals surface area (Å²) in [4.78, 5) is 53.6. The second-order valence-electron chi connectivity index (χ2n) is 10.3. The molecule has 3 aliphatic carbocycles. The van der Waals surface area contributed by atoms with Crippen LogP contribution in [0.4, 0.5) is 0 Å². The van der Waals surface area contributed by atoms with Gasteiger partial charge in [-0.1, -0.05) is 12.8 Å². The molecule has 3 aromatic heterocycles. The van der Waals surface area contributed by atoms with Crippen LogP contribution in [-0.4, -0.2) is 52.4 Å². The molecule has 1 unspecified atom stereocenters. The highest BCUT2D eigenvalue weighted by atomic mass is 16.3. The molecule has 3 fully saturated rings. The van der Waals surface area contributed by atoms with E-state index in [9.17, 15) is 14.4 Å². The van der Waals surface area contributed by atoms with Gasteiger partial charge in [-0.3, -0.25) is 14.4 Å². The van der Waals surface area contributed by atoms with Crippen molar-refractivity contribution >= 4 is 23.4 Å². The molecule has 3 heterocycles. The third-order valence-corrected chi connectivity index (χ3v) is 7.15. The molecule has 4 N–H and O–H groups in total. The van der Waals surface area contributed by atoms with Gasteiger partial charge >= 0.3 is 0 Å². The highest BCUT2D eigenvalue weighted by Gasteiger charge is 2.22. The number of nitrogens with one attached hydrogen (secondary N) is 3. The summed E-state index contributed by atoms with van der Waals surface area (Å²) >= 11 is 0. The van der Waals surface area contributed by atoms with Crippen LogP contribution in [0.1, 0.15) is 101 Å². The highest BCUT2D eigenvalue weighted by molar-refractivity contribution is 5.99. The van der Waals surface area contributed by atoms with Crippen LogP contribution in [0.3, 0.4) is 0 Å². The number of Topliss-reactive ketones (excluding diaryl/α,β-unsaturated/α-hetero) is 3. The number of imidazole rings is 3. The van der Waals surface area contributed by atoms with Gasteiger partial charge in [0.1, 0.15) is 11.6 Å². The van der Waals surface area contributed by atoms with Crippen molar-refractivity contribution in [2.24, 2.45) is 5.92 Å². The van der Waals surface area contributed by atoms with Crippen molar-refractivity contribution < 1.29 is 19.5 Å². The Kier molecular flexibility index (Phi) is 13.8. The van der Waals surface area contributed by atoms with Gasteiger partial charge in [-0.15, -0.1) is 0 Å². The standard InChI is InChI=1S/C10H14N2O.C10H12N2O.C6H10O.C4H6N2O/c2*13-10-4-2-1-3-8(10)5-9-6-11-7-12-9;7-6-4-2-1-3-5-6;7-2-4-1-5-3-6-4/h6-8H,1-5H2,(H,11,12);5-7H,1-4H2,(H,11,12);1-5H2;1,3,7H,2H2,(H,5,6)/b;8-5+;;. The monoisotopic (exact) mass is 550 g/mol. The smallest absolute Gasteiger partial charge is 0.158 e. The fourth-order valence-electron chi connectivity index (χ4n) is 4.84. The lowest BCUT2D eigenvalue weighted by Gasteiger charge is -2.19. The average Bonchev–Trinajstić information content (AvgIpc) is 3.78. The van der Waals surface area contributed by atoms with Crippen LogP contribution in [0.2, 0.25) is 0 Å². The molecule has 0 saturated heterocycles. The minimum absolute atomic E-state index is 0.0417. The normalized spacial score (nSPS) is 20.0. The van der Waals surface area contributed by atoms with E-state index in [1.807, 2.05) is 12.3 Å². The number of aliphatic hydroxyl groups is 1. The summed E-state index contributed by atoms with van der Waals surface area (Å²) < 4.78 is 0. The Hall–Kier alpha value is -3.66. The molecule has 40 heavy (non-hydrogen) atoms. The van der Waals surface area contributed by atoms with E-state index >= 15 is 0 Å². The Morgan fingerprint density at radius 2 is 1.35 bits per heavy atom. The molecule has 0 radical (unpaired) electrons. The van der Waals surface area contributed by atoms with Gasteiger partial charge in [0.2, 0.25) is 0 Å². The zero-order chi connectivity index (χ0) is 28.4. The Morgan fingerprint density at radius 3 is 1.88 bits per heavy atom. The molecule has 216 valence electrons. The van der Waals surface area contributed by atoms with Crippen molar-refractivity contribution in [1.29, 1.82) is 0 Å². The summed E-state index contributed by atoms with van der Waals surface area (Å²) in [5.74, 6) is 1.43. The maximum atomic E-state index is 11.5. The number of carbonyl (C=O) groups is 3. The van der Waals surface area contributed by atoms with Gasteiger partial charge in [0.15, 0.2) is 5.78 Å². The van der Waals surface area contributed by atoms with E-state index < -0.39 is 0 Å². The Bertz CT molecular complexity index is 1150. The van der Waals surface area contributed by atoms with Crippen molar-refractivity contribution in [3.63, 3.8) is 0 Å². The number of aromatic amines is 3. The number of carbonyl (C=O) groups excluding carboxylic acids is 3. The molecular formula is C30H42N6O4. The third kappa shape index (κ3) is 11.6. The number of nitrogens with zero attached hydrogens (tertiary/aromatic N) is 3. The number of hydrogen-bond acceptors (Lipinski definition) is 7. The zero-order valence-electron chi connectivity index (χ0n) is 23.2. The molecule has 10 heteroatoms. The number of H-pyrrole nitrogens is 3. The topological polar surface area (TPSA) is 157 Å². The van der Waals surface area contributed by atoms with Crippen LogP contribution in [0, 0.1) is 5.92 Å². The van der Waals surface area contributed by atoms with Crippen molar-refractivity contribution in [2.45, 2.75) is 96.5 Å². The molecule has 0 bridgehead atoms. The maximum Gasteiger partial charge on any atom is 0.158 e. The number of rotatable bonds is 4. The molecule has 10 nitrogen and oxygen atoms in total. The van der Waals surface area contributed by atoms with E-state index in [2.05, 4.69) is 29.9 Å². The average molecular weight is 551 g/mol. The molecule has 6 rings (SSSR count). The second-order valence-corrected chi connectivity index (χ2v) is 10.3. The lowest BCUT2D eigenvalue weighted by Crippen LogP contribution is -2.21. The molecule has 3 aromatic rings. The summed E-state index contributed by atoms with van der Waals surface area (Å²) in [6, 6.07) is 0. The molecule has 0 amide bonds. The van der Waals surface area contributed by atoms with Crippen molar-refractivity contribution in [2.75, 3.05) is 0 Å². The van der Waals surface area contributed by atoms with E-state index in [1.165, 1.54) is 19.2 Å². The molecule has 3 saturated carbocycles. The largest absolute Gasteiger partial charge is 0.390 e. The van der Waals surface area contributed by atoms with E-state index in [0.717, 1.165) is 93.3 Å². The van der Waals surface area contributed by atoms with Gasteiger partial charge in [0.25, 0.3) is 0 Å². The molecule has 0 aromatic carbocycles. The Balaban J connectivity index is 0.000000153. The predicted molar refractivity (Wildman–Crippen MR) is 152 cm³/mol. The number of aliphatic hydroxyl groups excluding tert-OH is 1. The predicted octanol–water partition coefficient (Wildman–Crippen LogP) is 5.07. The van der Waals surface area contributed by atoms with E-state index in [4.69, 9.17) is 5.11 Å². The summed E-state index contributed by atoms with van der Waals surface area (Å²) in [7, 11) is 0. The molecule has 0 aliphatic heterocycles. The summed E-state index contributed by atoms with van der Waals surface area (Å²) in [6.07, 6.45) is 25.9. The van der Waals surface area contributed by atoms with Crippen molar-refractivity contribution in [3.05, 3.63) is 60.2 Å². The van der Waals surface area contributed by atoms with Crippen LogP contribution < -0.4 is 0 Å². The van der Waals surface area contributed by atoms with Crippen LogP contribution in [-0.2, 0) is 27.4 Å². The van der Waals surface area contributed by atoms with E-state index in [0.29, 0.717) is 23.8 Å². The van der Waals surface area contributed by atoms with Crippen LogP contribution in [0.5, 0.6) is 0 Å². The quantitative estimate of drug-likeness (QED) is 0.330. The van der Waals surface area contributed by atoms with E-state index in [1.54, 1.807) is 25.0 Å². The minimum atomic E-state index is 0.0417. The Labute approximate surface area is 235 Å². The lowest BCUT2D eigenvalue weighted by atomic mass is 9.85. The van der Waals surface area contributed by atoms with Gasteiger partial charge in [-0.25, -0.2) is 15.0 Å². The second kappa shape index (κ2) is 17.8. The number of hydrogen-bond donors (Lipinski definition) is 4. The Morgan fingerprint density at radius 1 is 0.725 bits per heavy atom. The first-order valence-electron chi connectivity index (χ1n) is 14.4. The van der Waals surface area contributed by atoms with Crippen LogP contribution >= 0.6 is 0 Å². The van der Waals surface area contributed by atoms with Crippen LogP contribution in [0.15, 0.2) is 43.1 Å². The summed E-state index contributed by atoms with van der Waals surface area (Å²) in [5.41, 5.74) is 3.70. The first-order valence-corrected chi connectivity index (χ1v) is 14.4. The van der Waals surface area contributed by atoms with Crippen molar-refractivity contribution in [3.8, 4) is 0 Å². The first-order chi connectivity index (χ1) is 19.5. The summed E-state index contributed by atoms with van der Waals surface area (Å²) in [6.45, 7) is 0.0417. The zero-order valence-corrected chi connectivity index (χ0v) is 23.2. The van der Waals surface area contributed by atoms with Gasteiger partial charge in [-0.2, -0.15) is 0 Å². The molecule has 0 spiro atoms. The molecule has 1 atom stereocenters. The first kappa shape index (κ1) is 30.9. The van der Waals surface area contributed by atoms with Crippen molar-refractivity contribution in [1.82, 2.24) is 29.9 Å². The molecule has 3 aliphatic rings. The third-order valence-electron chi connectivity index (χ3n) is 7.15. The van der Waals surface area contributed by atoms with Crippen LogP contribution in [0.25, 0.3) is 6.08 Å². The molecular weight excluding hydrogens is 508 g/mol. The number of allylic oxidation sites excluding steroid dienone is 1. The van der Waals surface area contributed by atoms with Gasteiger partial charge in [0.05, 0.1) is 49.4 Å².